The molecule has 1 amide bonds. The maximum absolute atomic E-state index is 13.3. The SMILES string of the molecule is CC(C)n1c(CN(C(=O)c2cccc(Cl)c2)C2CC2)cnc1S(=O)(=O)Cc1cccc(Cl)c1. The summed E-state index contributed by atoms with van der Waals surface area (Å²) in [6, 6.07) is 13.6. The smallest absolute Gasteiger partial charge is 0.254 e. The molecule has 1 fully saturated rings. The number of carbonyl (C=O) groups is 1. The van der Waals surface area contributed by atoms with Gasteiger partial charge in [0.05, 0.1) is 24.2 Å². The molecule has 1 aliphatic carbocycles. The molecular weight excluding hydrogens is 481 g/mol. The quantitative estimate of drug-likeness (QED) is 0.402. The number of sulfone groups is 1. The second kappa shape index (κ2) is 9.49. The molecule has 0 radical (unpaired) electrons. The zero-order valence-corrected chi connectivity index (χ0v) is 20.7. The van der Waals surface area contributed by atoms with Crippen LogP contribution >= 0.6 is 23.2 Å². The number of halogens is 2. The number of nitrogens with zero attached hydrogens (tertiary/aromatic N) is 3. The largest absolute Gasteiger partial charge is 0.330 e. The van der Waals surface area contributed by atoms with Crippen molar-refractivity contribution in [2.24, 2.45) is 0 Å². The molecule has 0 aliphatic heterocycles. The fraction of sp³-hybridized carbons (Fsp3) is 0.333. The number of hydrogen-bond donors (Lipinski definition) is 0. The lowest BCUT2D eigenvalue weighted by molar-refractivity contribution is 0.0725. The summed E-state index contributed by atoms with van der Waals surface area (Å²) in [5, 5.41) is 0.979. The molecule has 0 bridgehead atoms. The number of carbonyl (C=O) groups excluding carboxylic acids is 1. The monoisotopic (exact) mass is 505 g/mol. The van der Waals surface area contributed by atoms with Crippen LogP contribution in [0.5, 0.6) is 0 Å². The molecule has 2 aromatic carbocycles. The summed E-state index contributed by atoms with van der Waals surface area (Å²) < 4.78 is 28.2. The van der Waals surface area contributed by atoms with Gasteiger partial charge in [0.1, 0.15) is 0 Å². The van der Waals surface area contributed by atoms with Crippen LogP contribution in [0.3, 0.4) is 0 Å². The van der Waals surface area contributed by atoms with Gasteiger partial charge in [-0.2, -0.15) is 0 Å². The molecule has 0 saturated heterocycles. The Morgan fingerprint density at radius 2 is 1.79 bits per heavy atom. The van der Waals surface area contributed by atoms with Gasteiger partial charge in [-0.15, -0.1) is 0 Å². The second-order valence-corrected chi connectivity index (χ2v) is 11.3. The average molecular weight is 506 g/mol. The summed E-state index contributed by atoms with van der Waals surface area (Å²) in [7, 11) is -3.73. The molecule has 33 heavy (non-hydrogen) atoms. The van der Waals surface area contributed by atoms with Crippen LogP contribution in [0, 0.1) is 0 Å². The second-order valence-electron chi connectivity index (χ2n) is 8.56. The first-order valence-corrected chi connectivity index (χ1v) is 13.2. The molecule has 3 aromatic rings. The highest BCUT2D eigenvalue weighted by molar-refractivity contribution is 7.90. The van der Waals surface area contributed by atoms with E-state index in [0.717, 1.165) is 12.8 Å². The molecule has 1 aromatic heterocycles. The van der Waals surface area contributed by atoms with Crippen LogP contribution in [0.4, 0.5) is 0 Å². The van der Waals surface area contributed by atoms with E-state index in [1.54, 1.807) is 64.2 Å². The first-order chi connectivity index (χ1) is 15.7. The predicted molar refractivity (Wildman–Crippen MR) is 129 cm³/mol. The van der Waals surface area contributed by atoms with Crippen molar-refractivity contribution in [3.8, 4) is 0 Å². The van der Waals surface area contributed by atoms with Crippen molar-refractivity contribution in [1.82, 2.24) is 14.5 Å². The summed E-state index contributed by atoms with van der Waals surface area (Å²) in [5.74, 6) is -0.329. The Bertz CT molecular complexity index is 1280. The van der Waals surface area contributed by atoms with E-state index in [4.69, 9.17) is 23.2 Å². The van der Waals surface area contributed by atoms with Gasteiger partial charge < -0.3 is 9.47 Å². The maximum Gasteiger partial charge on any atom is 0.254 e. The third-order valence-corrected chi connectivity index (χ3v) is 7.57. The fourth-order valence-corrected chi connectivity index (χ4v) is 5.89. The van der Waals surface area contributed by atoms with E-state index in [1.165, 1.54) is 0 Å². The van der Waals surface area contributed by atoms with Crippen LogP contribution in [0.2, 0.25) is 10.0 Å². The van der Waals surface area contributed by atoms with Crippen molar-refractivity contribution in [2.45, 2.75) is 56.2 Å². The summed E-state index contributed by atoms with van der Waals surface area (Å²) in [6.45, 7) is 4.08. The highest BCUT2D eigenvalue weighted by Gasteiger charge is 2.35. The Hall–Kier alpha value is -2.35. The van der Waals surface area contributed by atoms with E-state index >= 15 is 0 Å². The van der Waals surface area contributed by atoms with E-state index in [2.05, 4.69) is 4.98 Å². The van der Waals surface area contributed by atoms with Gasteiger partial charge in [-0.05, 0) is 62.6 Å². The molecule has 1 heterocycles. The van der Waals surface area contributed by atoms with Crippen LogP contribution in [0.25, 0.3) is 0 Å². The molecule has 0 N–H and O–H groups in total. The Morgan fingerprint density at radius 3 is 2.39 bits per heavy atom. The number of amides is 1. The average Bonchev–Trinajstić information content (AvgIpc) is 3.49. The normalized spacial score (nSPS) is 14.0. The van der Waals surface area contributed by atoms with Crippen LogP contribution in [0.1, 0.15) is 54.3 Å². The van der Waals surface area contributed by atoms with Crippen molar-refractivity contribution >= 4 is 38.9 Å². The van der Waals surface area contributed by atoms with Gasteiger partial charge in [0.15, 0.2) is 0 Å². The molecule has 0 spiro atoms. The topological polar surface area (TPSA) is 72.3 Å². The first-order valence-electron chi connectivity index (χ1n) is 10.8. The van der Waals surface area contributed by atoms with Crippen molar-refractivity contribution in [1.29, 1.82) is 0 Å². The van der Waals surface area contributed by atoms with E-state index in [-0.39, 0.29) is 35.4 Å². The molecular formula is C24H25Cl2N3O3S. The van der Waals surface area contributed by atoms with Crippen molar-refractivity contribution < 1.29 is 13.2 Å². The van der Waals surface area contributed by atoms with Gasteiger partial charge in [0.25, 0.3) is 5.91 Å². The molecule has 0 atom stereocenters. The number of hydrogen-bond acceptors (Lipinski definition) is 4. The molecule has 1 aliphatic rings. The predicted octanol–water partition coefficient (Wildman–Crippen LogP) is 5.55. The lowest BCUT2D eigenvalue weighted by Gasteiger charge is -2.24. The van der Waals surface area contributed by atoms with Gasteiger partial charge >= 0.3 is 0 Å². The van der Waals surface area contributed by atoms with Crippen LogP contribution in [-0.2, 0) is 22.1 Å². The van der Waals surface area contributed by atoms with Crippen LogP contribution in [0.15, 0.2) is 59.9 Å². The molecule has 6 nitrogen and oxygen atoms in total. The van der Waals surface area contributed by atoms with Gasteiger partial charge in [0.2, 0.25) is 15.0 Å². The molecule has 4 rings (SSSR count). The Labute approximate surface area is 204 Å². The number of benzene rings is 2. The molecule has 0 unspecified atom stereocenters. The van der Waals surface area contributed by atoms with Gasteiger partial charge in [-0.3, -0.25) is 4.79 Å². The lowest BCUT2D eigenvalue weighted by Crippen LogP contribution is -2.33. The van der Waals surface area contributed by atoms with Gasteiger partial charge in [-0.25, -0.2) is 13.4 Å². The van der Waals surface area contributed by atoms with E-state index < -0.39 is 9.84 Å². The van der Waals surface area contributed by atoms with E-state index in [0.29, 0.717) is 26.9 Å². The standard InChI is InChI=1S/C24H25Cl2N3O3S/c1-16(2)29-22(13-27-24(29)33(31,32)15-17-5-3-7-19(25)11-17)14-28(21-9-10-21)23(30)18-6-4-8-20(26)12-18/h3-8,11-13,16,21H,9-10,14-15H2,1-2H3. The third kappa shape index (κ3) is 5.42. The molecule has 9 heteroatoms. The minimum Gasteiger partial charge on any atom is -0.330 e. The first kappa shape index (κ1) is 23.8. The van der Waals surface area contributed by atoms with Gasteiger partial charge in [0, 0.05) is 27.7 Å². The van der Waals surface area contributed by atoms with Crippen molar-refractivity contribution in [3.05, 3.63) is 81.6 Å². The summed E-state index contributed by atoms with van der Waals surface area (Å²) >= 11 is 12.1. The zero-order valence-electron chi connectivity index (χ0n) is 18.4. The zero-order chi connectivity index (χ0) is 23.8. The Kier molecular flexibility index (Phi) is 6.84. The van der Waals surface area contributed by atoms with Crippen LogP contribution < -0.4 is 0 Å². The minimum absolute atomic E-state index is 0.00146. The highest BCUT2D eigenvalue weighted by Crippen LogP contribution is 2.32. The minimum atomic E-state index is -3.73. The Balaban J connectivity index is 1.65. The molecule has 1 saturated carbocycles. The number of rotatable bonds is 8. The lowest BCUT2D eigenvalue weighted by atomic mass is 10.2. The summed E-state index contributed by atoms with van der Waals surface area (Å²) in [6.07, 6.45) is 3.40. The number of imidazole rings is 1. The fourth-order valence-electron chi connectivity index (χ4n) is 3.90. The van der Waals surface area contributed by atoms with Crippen molar-refractivity contribution in [2.75, 3.05) is 0 Å². The van der Waals surface area contributed by atoms with Crippen molar-refractivity contribution in [3.63, 3.8) is 0 Å². The third-order valence-electron chi connectivity index (χ3n) is 5.53. The van der Waals surface area contributed by atoms with E-state index in [9.17, 15) is 13.2 Å². The van der Waals surface area contributed by atoms with Crippen LogP contribution in [-0.4, -0.2) is 34.8 Å². The number of aromatic nitrogens is 2. The highest BCUT2D eigenvalue weighted by atomic mass is 35.5. The maximum atomic E-state index is 13.3. The summed E-state index contributed by atoms with van der Waals surface area (Å²) in [5.41, 5.74) is 1.79. The van der Waals surface area contributed by atoms with E-state index in [1.807, 2.05) is 13.8 Å². The van der Waals surface area contributed by atoms with Gasteiger partial charge in [-0.1, -0.05) is 41.4 Å². The molecule has 174 valence electrons. The summed E-state index contributed by atoms with van der Waals surface area (Å²) in [4.78, 5) is 19.3. The Morgan fingerprint density at radius 1 is 1.12 bits per heavy atom.